The van der Waals surface area contributed by atoms with E-state index in [-0.39, 0.29) is 17.5 Å². The van der Waals surface area contributed by atoms with Crippen LogP contribution in [0, 0.1) is 0 Å². The van der Waals surface area contributed by atoms with E-state index < -0.39 is 10.0 Å². The van der Waals surface area contributed by atoms with Crippen molar-refractivity contribution in [3.63, 3.8) is 0 Å². The van der Waals surface area contributed by atoms with Gasteiger partial charge in [0.15, 0.2) is 0 Å². The van der Waals surface area contributed by atoms with Crippen LogP contribution in [0.15, 0.2) is 48.5 Å². The van der Waals surface area contributed by atoms with Crippen LogP contribution in [0.4, 0.5) is 10.6 Å². The molecule has 1 aliphatic carbocycles. The Labute approximate surface area is 212 Å². The maximum Gasteiger partial charge on any atom is 0.320 e. The van der Waals surface area contributed by atoms with Crippen LogP contribution in [0.2, 0.25) is 0 Å². The number of sulfonamides is 1. The molecule has 0 saturated heterocycles. The molecule has 1 aliphatic heterocycles. The second kappa shape index (κ2) is 9.05. The lowest BCUT2D eigenvalue weighted by Gasteiger charge is -2.27. The molecule has 2 heterocycles. The van der Waals surface area contributed by atoms with Gasteiger partial charge in [-0.25, -0.2) is 17.9 Å². The summed E-state index contributed by atoms with van der Waals surface area (Å²) in [4.78, 5) is 13.1. The number of anilines is 1. The van der Waals surface area contributed by atoms with Crippen molar-refractivity contribution >= 4 is 21.9 Å². The normalized spacial score (nSPS) is 17.9. The van der Waals surface area contributed by atoms with Gasteiger partial charge in [-0.3, -0.25) is 5.32 Å². The average Bonchev–Trinajstić information content (AvgIpc) is 3.42. The topological polar surface area (TPSA) is 96.3 Å². The van der Waals surface area contributed by atoms with Crippen LogP contribution in [0.3, 0.4) is 0 Å². The number of carbonyl (C=O) groups is 1. The molecule has 2 aromatic carbocycles. The first-order valence-electron chi connectivity index (χ1n) is 12.3. The van der Waals surface area contributed by atoms with E-state index in [1.807, 2.05) is 36.4 Å². The van der Waals surface area contributed by atoms with Gasteiger partial charge in [0.25, 0.3) is 0 Å². The third-order valence-electron chi connectivity index (χ3n) is 7.04. The van der Waals surface area contributed by atoms with Gasteiger partial charge in [0.2, 0.25) is 10.0 Å². The van der Waals surface area contributed by atoms with Crippen molar-refractivity contribution in [3.8, 4) is 5.69 Å². The summed E-state index contributed by atoms with van der Waals surface area (Å²) in [7, 11) is -3.27. The lowest BCUT2D eigenvalue weighted by molar-refractivity contribution is 0.248. The van der Waals surface area contributed by atoms with Crippen LogP contribution in [0.1, 0.15) is 61.2 Å². The quantitative estimate of drug-likeness (QED) is 0.550. The molecule has 0 saturated carbocycles. The van der Waals surface area contributed by atoms with Gasteiger partial charge in [0.1, 0.15) is 5.82 Å². The Morgan fingerprint density at radius 2 is 1.81 bits per heavy atom. The highest BCUT2D eigenvalue weighted by Gasteiger charge is 2.27. The third kappa shape index (κ3) is 4.90. The van der Waals surface area contributed by atoms with Gasteiger partial charge in [-0.15, -0.1) is 0 Å². The van der Waals surface area contributed by atoms with Crippen molar-refractivity contribution in [2.45, 2.75) is 58.0 Å². The van der Waals surface area contributed by atoms with E-state index in [2.05, 4.69) is 43.5 Å². The van der Waals surface area contributed by atoms with Crippen LogP contribution in [-0.2, 0) is 34.8 Å². The van der Waals surface area contributed by atoms with Crippen molar-refractivity contribution in [2.24, 2.45) is 0 Å². The number of aryl methyl sites for hydroxylation is 1. The van der Waals surface area contributed by atoms with Gasteiger partial charge in [-0.1, -0.05) is 51.1 Å². The van der Waals surface area contributed by atoms with Crippen molar-refractivity contribution in [1.82, 2.24) is 19.4 Å². The highest BCUT2D eigenvalue weighted by atomic mass is 32.2. The van der Waals surface area contributed by atoms with E-state index in [1.54, 1.807) is 4.68 Å². The Morgan fingerprint density at radius 1 is 1.03 bits per heavy atom. The Morgan fingerprint density at radius 3 is 2.56 bits per heavy atom. The fraction of sp³-hybridized carbons (Fsp3) is 0.407. The number of benzene rings is 2. The van der Waals surface area contributed by atoms with Crippen LogP contribution >= 0.6 is 0 Å². The van der Waals surface area contributed by atoms with Gasteiger partial charge >= 0.3 is 6.03 Å². The fourth-order valence-electron chi connectivity index (χ4n) is 4.98. The number of carbonyl (C=O) groups excluding carboxylic acids is 1. The van der Waals surface area contributed by atoms with Gasteiger partial charge in [-0.2, -0.15) is 9.40 Å². The fourth-order valence-corrected chi connectivity index (χ4v) is 5.78. The summed E-state index contributed by atoms with van der Waals surface area (Å²) in [5, 5.41) is 11.0. The summed E-state index contributed by atoms with van der Waals surface area (Å²) < 4.78 is 27.5. The minimum atomic E-state index is -3.27. The van der Waals surface area contributed by atoms with Crippen molar-refractivity contribution in [3.05, 3.63) is 76.5 Å². The molecule has 190 valence electrons. The Balaban J connectivity index is 1.43. The molecule has 1 unspecified atom stereocenters. The zero-order valence-electron chi connectivity index (χ0n) is 21.2. The monoisotopic (exact) mass is 507 g/mol. The number of hydrogen-bond donors (Lipinski definition) is 2. The SMILES string of the molecule is CC(C)(C)c1cc(NC(=O)NC2CCc3ccccc32)n(-c2ccc3c(c2)CN(S(C)(=O)=O)CC3)n1. The molecular formula is C27H33N5O3S. The molecule has 1 aromatic heterocycles. The van der Waals surface area contributed by atoms with E-state index in [0.29, 0.717) is 25.3 Å². The average molecular weight is 508 g/mol. The van der Waals surface area contributed by atoms with Crippen LogP contribution in [0.25, 0.3) is 5.69 Å². The Bertz CT molecular complexity index is 1420. The van der Waals surface area contributed by atoms with Gasteiger partial charge in [-0.05, 0) is 53.6 Å². The summed E-state index contributed by atoms with van der Waals surface area (Å²) in [5.74, 6) is 0.569. The first-order valence-corrected chi connectivity index (χ1v) is 14.2. The Kier molecular flexibility index (Phi) is 6.16. The van der Waals surface area contributed by atoms with E-state index in [9.17, 15) is 13.2 Å². The number of urea groups is 1. The summed E-state index contributed by atoms with van der Waals surface area (Å²) in [6.07, 6.45) is 3.74. The first-order chi connectivity index (χ1) is 17.0. The van der Waals surface area contributed by atoms with Crippen LogP contribution in [0.5, 0.6) is 0 Å². The van der Waals surface area contributed by atoms with Gasteiger partial charge in [0, 0.05) is 24.6 Å². The second-order valence-electron chi connectivity index (χ2n) is 10.8. The molecule has 0 fully saturated rings. The smallest absolute Gasteiger partial charge is 0.320 e. The summed E-state index contributed by atoms with van der Waals surface area (Å²) in [6, 6.07) is 15.8. The first kappa shape index (κ1) is 24.5. The number of amides is 2. The maximum absolute atomic E-state index is 13.1. The summed E-state index contributed by atoms with van der Waals surface area (Å²) in [6.45, 7) is 7.06. The minimum absolute atomic E-state index is 0.0228. The Hall–Kier alpha value is -3.17. The molecular weight excluding hydrogens is 474 g/mol. The number of aromatic nitrogens is 2. The zero-order chi connectivity index (χ0) is 25.7. The molecule has 1 atom stereocenters. The lowest BCUT2D eigenvalue weighted by Crippen LogP contribution is -2.35. The molecule has 2 aliphatic rings. The van der Waals surface area contributed by atoms with Gasteiger partial charge < -0.3 is 5.32 Å². The minimum Gasteiger partial charge on any atom is -0.331 e. The van der Waals surface area contributed by atoms with Crippen molar-refractivity contribution in [2.75, 3.05) is 18.1 Å². The van der Waals surface area contributed by atoms with Crippen molar-refractivity contribution < 1.29 is 13.2 Å². The summed E-state index contributed by atoms with van der Waals surface area (Å²) in [5.41, 5.74) is 5.94. The predicted octanol–water partition coefficient (Wildman–Crippen LogP) is 4.30. The molecule has 5 rings (SSSR count). The van der Waals surface area contributed by atoms with Gasteiger partial charge in [0.05, 0.1) is 23.7 Å². The summed E-state index contributed by atoms with van der Waals surface area (Å²) >= 11 is 0. The molecule has 0 spiro atoms. The van der Waals surface area contributed by atoms with E-state index in [4.69, 9.17) is 5.10 Å². The van der Waals surface area contributed by atoms with E-state index in [1.165, 1.54) is 21.7 Å². The number of nitrogens with one attached hydrogen (secondary N) is 2. The molecule has 8 nitrogen and oxygen atoms in total. The molecule has 3 aromatic rings. The highest BCUT2D eigenvalue weighted by Crippen LogP contribution is 2.32. The van der Waals surface area contributed by atoms with E-state index in [0.717, 1.165) is 35.3 Å². The number of nitrogens with zero attached hydrogens (tertiary/aromatic N) is 3. The molecule has 2 amide bonds. The van der Waals surface area contributed by atoms with E-state index >= 15 is 0 Å². The molecule has 2 N–H and O–H groups in total. The standard InChI is InChI=1S/C27H33N5O3S/c1-27(2,3)24-16-25(29-26(33)28-23-12-10-19-7-5-6-8-22(19)23)32(30-24)21-11-9-18-13-14-31(36(4,34)35)17-20(18)15-21/h5-9,11,15-16,23H,10,12-14,17H2,1-4H3,(H2,28,29,33). The largest absolute Gasteiger partial charge is 0.331 e. The number of hydrogen-bond acceptors (Lipinski definition) is 4. The predicted molar refractivity (Wildman–Crippen MR) is 141 cm³/mol. The lowest BCUT2D eigenvalue weighted by atomic mass is 9.92. The zero-order valence-corrected chi connectivity index (χ0v) is 22.0. The maximum atomic E-state index is 13.1. The van der Waals surface area contributed by atoms with Crippen LogP contribution in [-0.4, -0.2) is 41.3 Å². The molecule has 0 radical (unpaired) electrons. The number of fused-ring (bicyclic) bond motifs is 2. The molecule has 36 heavy (non-hydrogen) atoms. The number of rotatable bonds is 4. The van der Waals surface area contributed by atoms with Crippen molar-refractivity contribution in [1.29, 1.82) is 0 Å². The second-order valence-corrected chi connectivity index (χ2v) is 12.7. The molecule has 9 heteroatoms. The molecule has 0 bridgehead atoms. The third-order valence-corrected chi connectivity index (χ3v) is 8.29. The van der Waals surface area contributed by atoms with Crippen LogP contribution < -0.4 is 10.6 Å². The highest BCUT2D eigenvalue weighted by molar-refractivity contribution is 7.88.